The van der Waals surface area contributed by atoms with Gasteiger partial charge < -0.3 is 10.6 Å². The number of hydrogen-bond acceptors (Lipinski definition) is 2. The Morgan fingerprint density at radius 2 is 1.95 bits per heavy atom. The number of nitrogens with zero attached hydrogens (tertiary/aromatic N) is 1. The lowest BCUT2D eigenvalue weighted by Crippen LogP contribution is -2.33. The highest BCUT2D eigenvalue weighted by molar-refractivity contribution is 5.77. The van der Waals surface area contributed by atoms with Gasteiger partial charge in [0.1, 0.15) is 5.82 Å². The van der Waals surface area contributed by atoms with E-state index in [2.05, 4.69) is 24.0 Å². The average molecular weight is 256 g/mol. The standard InChI is InChI=1S/C16H17FN2/c1-11-6-7-12-4-2-3-5-15(12)19(11)16-10-13(17)8-9-14(16)18/h2-5,8-11H,6-7,18H2,1H3. The van der Waals surface area contributed by atoms with Crippen molar-refractivity contribution >= 4 is 17.1 Å². The molecule has 0 aliphatic carbocycles. The highest BCUT2D eigenvalue weighted by Crippen LogP contribution is 2.39. The van der Waals surface area contributed by atoms with Crippen LogP contribution in [-0.2, 0) is 6.42 Å². The molecular formula is C16H17FN2. The first kappa shape index (κ1) is 12.0. The number of nitrogens with two attached hydrogens (primary N) is 1. The molecule has 0 fully saturated rings. The van der Waals surface area contributed by atoms with E-state index in [4.69, 9.17) is 5.73 Å². The van der Waals surface area contributed by atoms with Crippen LogP contribution in [0.15, 0.2) is 42.5 Å². The molecule has 2 aromatic rings. The van der Waals surface area contributed by atoms with Crippen LogP contribution in [0, 0.1) is 5.82 Å². The summed E-state index contributed by atoms with van der Waals surface area (Å²) in [6, 6.07) is 13.1. The molecule has 19 heavy (non-hydrogen) atoms. The predicted octanol–water partition coefficient (Wildman–Crippen LogP) is 3.88. The second-order valence-electron chi connectivity index (χ2n) is 5.09. The summed E-state index contributed by atoms with van der Waals surface area (Å²) in [5.74, 6) is -0.251. The molecule has 2 aromatic carbocycles. The summed E-state index contributed by atoms with van der Waals surface area (Å²) >= 11 is 0. The first-order chi connectivity index (χ1) is 9.16. The zero-order valence-electron chi connectivity index (χ0n) is 10.9. The second kappa shape index (κ2) is 4.57. The van der Waals surface area contributed by atoms with Crippen molar-refractivity contribution in [3.8, 4) is 0 Å². The van der Waals surface area contributed by atoms with Crippen molar-refractivity contribution in [3.05, 3.63) is 53.8 Å². The quantitative estimate of drug-likeness (QED) is 0.784. The third-order valence-electron chi connectivity index (χ3n) is 3.78. The summed E-state index contributed by atoms with van der Waals surface area (Å²) in [6.45, 7) is 2.15. The van der Waals surface area contributed by atoms with Crippen molar-refractivity contribution in [3.63, 3.8) is 0 Å². The highest BCUT2D eigenvalue weighted by Gasteiger charge is 2.25. The van der Waals surface area contributed by atoms with Crippen molar-refractivity contribution in [2.75, 3.05) is 10.6 Å². The third-order valence-corrected chi connectivity index (χ3v) is 3.78. The van der Waals surface area contributed by atoms with Crippen molar-refractivity contribution < 1.29 is 4.39 Å². The molecule has 3 heteroatoms. The first-order valence-corrected chi connectivity index (χ1v) is 6.59. The van der Waals surface area contributed by atoms with Crippen LogP contribution in [0.5, 0.6) is 0 Å². The Balaban J connectivity index is 2.16. The molecule has 0 bridgehead atoms. The number of aryl methyl sites for hydroxylation is 1. The number of para-hydroxylation sites is 1. The zero-order valence-corrected chi connectivity index (χ0v) is 10.9. The molecule has 0 aromatic heterocycles. The van der Waals surface area contributed by atoms with E-state index in [1.807, 2.05) is 12.1 Å². The lowest BCUT2D eigenvalue weighted by atomic mass is 9.95. The van der Waals surface area contributed by atoms with Crippen LogP contribution in [0.3, 0.4) is 0 Å². The summed E-state index contributed by atoms with van der Waals surface area (Å²) in [5, 5.41) is 0. The number of halogens is 1. The predicted molar refractivity (Wildman–Crippen MR) is 77.2 cm³/mol. The topological polar surface area (TPSA) is 29.3 Å². The van der Waals surface area contributed by atoms with E-state index < -0.39 is 0 Å². The van der Waals surface area contributed by atoms with E-state index in [1.165, 1.54) is 17.7 Å². The summed E-state index contributed by atoms with van der Waals surface area (Å²) in [6.07, 6.45) is 2.11. The molecule has 1 atom stereocenters. The Bertz CT molecular complexity index is 609. The summed E-state index contributed by atoms with van der Waals surface area (Å²) in [5.41, 5.74) is 9.84. The van der Waals surface area contributed by atoms with Gasteiger partial charge in [0.25, 0.3) is 0 Å². The number of fused-ring (bicyclic) bond motifs is 1. The van der Waals surface area contributed by atoms with E-state index in [0.29, 0.717) is 11.7 Å². The van der Waals surface area contributed by atoms with Gasteiger partial charge in [-0.25, -0.2) is 4.39 Å². The molecular weight excluding hydrogens is 239 g/mol. The van der Waals surface area contributed by atoms with Crippen LogP contribution in [0.1, 0.15) is 18.9 Å². The first-order valence-electron chi connectivity index (χ1n) is 6.59. The Morgan fingerprint density at radius 1 is 1.16 bits per heavy atom. The maximum atomic E-state index is 13.5. The lowest BCUT2D eigenvalue weighted by Gasteiger charge is -2.37. The van der Waals surface area contributed by atoms with Gasteiger partial charge in [0, 0.05) is 11.7 Å². The Morgan fingerprint density at radius 3 is 2.79 bits per heavy atom. The number of hydrogen-bond donors (Lipinski definition) is 1. The van der Waals surface area contributed by atoms with Gasteiger partial charge in [-0.05, 0) is 49.6 Å². The van der Waals surface area contributed by atoms with Crippen molar-refractivity contribution in [2.45, 2.75) is 25.8 Å². The Hall–Kier alpha value is -2.03. The minimum absolute atomic E-state index is 0.251. The van der Waals surface area contributed by atoms with Gasteiger partial charge in [-0.15, -0.1) is 0 Å². The third kappa shape index (κ3) is 2.05. The highest BCUT2D eigenvalue weighted by atomic mass is 19.1. The van der Waals surface area contributed by atoms with Crippen LogP contribution in [-0.4, -0.2) is 6.04 Å². The van der Waals surface area contributed by atoms with E-state index in [-0.39, 0.29) is 5.82 Å². The van der Waals surface area contributed by atoms with Gasteiger partial charge in [-0.1, -0.05) is 18.2 Å². The molecule has 1 aliphatic heterocycles. The normalized spacial score (nSPS) is 18.2. The monoisotopic (exact) mass is 256 g/mol. The van der Waals surface area contributed by atoms with Gasteiger partial charge in [-0.2, -0.15) is 0 Å². The number of benzene rings is 2. The van der Waals surface area contributed by atoms with Crippen LogP contribution in [0.25, 0.3) is 0 Å². The van der Waals surface area contributed by atoms with Gasteiger partial charge in [0.15, 0.2) is 0 Å². The van der Waals surface area contributed by atoms with Gasteiger partial charge in [0.05, 0.1) is 11.4 Å². The maximum Gasteiger partial charge on any atom is 0.125 e. The number of anilines is 3. The fraction of sp³-hybridized carbons (Fsp3) is 0.250. The van der Waals surface area contributed by atoms with E-state index in [1.54, 1.807) is 6.07 Å². The largest absolute Gasteiger partial charge is 0.397 e. The van der Waals surface area contributed by atoms with Crippen molar-refractivity contribution in [1.82, 2.24) is 0 Å². The van der Waals surface area contributed by atoms with E-state index in [0.717, 1.165) is 24.2 Å². The molecule has 3 rings (SSSR count). The van der Waals surface area contributed by atoms with Gasteiger partial charge in [-0.3, -0.25) is 0 Å². The van der Waals surface area contributed by atoms with Crippen LogP contribution in [0.2, 0.25) is 0 Å². The van der Waals surface area contributed by atoms with Gasteiger partial charge in [0.2, 0.25) is 0 Å². The molecule has 2 N–H and O–H groups in total. The molecule has 1 heterocycles. The summed E-state index contributed by atoms with van der Waals surface area (Å²) < 4.78 is 13.5. The van der Waals surface area contributed by atoms with Crippen LogP contribution < -0.4 is 10.6 Å². The summed E-state index contributed by atoms with van der Waals surface area (Å²) in [4.78, 5) is 2.15. The molecule has 2 nitrogen and oxygen atoms in total. The molecule has 0 amide bonds. The number of nitrogen functional groups attached to an aromatic ring is 1. The van der Waals surface area contributed by atoms with E-state index >= 15 is 0 Å². The second-order valence-corrected chi connectivity index (χ2v) is 5.09. The molecule has 98 valence electrons. The fourth-order valence-corrected chi connectivity index (χ4v) is 2.78. The molecule has 0 saturated heterocycles. The smallest absolute Gasteiger partial charge is 0.125 e. The van der Waals surface area contributed by atoms with Crippen LogP contribution >= 0.6 is 0 Å². The van der Waals surface area contributed by atoms with Crippen molar-refractivity contribution in [2.24, 2.45) is 0 Å². The molecule has 0 radical (unpaired) electrons. The SMILES string of the molecule is CC1CCc2ccccc2N1c1cc(F)ccc1N. The molecule has 1 aliphatic rings. The lowest BCUT2D eigenvalue weighted by molar-refractivity contribution is 0.608. The van der Waals surface area contributed by atoms with Gasteiger partial charge >= 0.3 is 0 Å². The fourth-order valence-electron chi connectivity index (χ4n) is 2.78. The number of rotatable bonds is 1. The zero-order chi connectivity index (χ0) is 13.4. The van der Waals surface area contributed by atoms with Crippen molar-refractivity contribution in [1.29, 1.82) is 0 Å². The van der Waals surface area contributed by atoms with E-state index in [9.17, 15) is 4.39 Å². The minimum Gasteiger partial charge on any atom is -0.397 e. The Kier molecular flexibility index (Phi) is 2.90. The Labute approximate surface area is 112 Å². The maximum absolute atomic E-state index is 13.5. The minimum atomic E-state index is -0.251. The molecule has 1 unspecified atom stereocenters. The molecule has 0 spiro atoms. The average Bonchev–Trinajstić information content (AvgIpc) is 2.42. The van der Waals surface area contributed by atoms with Crippen LogP contribution in [0.4, 0.5) is 21.5 Å². The molecule has 0 saturated carbocycles. The summed E-state index contributed by atoms with van der Waals surface area (Å²) in [7, 11) is 0.